The minimum absolute atomic E-state index is 0.0516. The number of carbonyl (C=O) groups is 2. The second-order valence-electron chi connectivity index (χ2n) is 5.42. The van der Waals surface area contributed by atoms with Gasteiger partial charge < -0.3 is 14.2 Å². The van der Waals surface area contributed by atoms with Crippen LogP contribution in [0.3, 0.4) is 0 Å². The van der Waals surface area contributed by atoms with Crippen LogP contribution in [0.1, 0.15) is 38.1 Å². The van der Waals surface area contributed by atoms with Crippen molar-refractivity contribution >= 4 is 38.6 Å². The average molecular weight is 395 g/mol. The second-order valence-corrected chi connectivity index (χ2v) is 6.28. The lowest BCUT2D eigenvalue weighted by molar-refractivity contribution is -0.131. The molecular formula is C18H19BrO5. The van der Waals surface area contributed by atoms with Crippen molar-refractivity contribution in [2.24, 2.45) is 0 Å². The maximum absolute atomic E-state index is 12.1. The zero-order valence-corrected chi connectivity index (χ0v) is 15.6. The first-order valence-electron chi connectivity index (χ1n) is 7.62. The Balaban J connectivity index is 2.74. The summed E-state index contributed by atoms with van der Waals surface area (Å²) in [6, 6.07) is 6.81. The minimum atomic E-state index is -0.479. The van der Waals surface area contributed by atoms with Crippen molar-refractivity contribution in [1.29, 1.82) is 0 Å². The molecule has 0 aromatic heterocycles. The summed E-state index contributed by atoms with van der Waals surface area (Å²) < 4.78 is 17.0. The smallest absolute Gasteiger partial charge is 0.338 e. The summed E-state index contributed by atoms with van der Waals surface area (Å²) in [5, 5.41) is 1.33. The third-order valence-corrected chi connectivity index (χ3v) is 3.81. The fraction of sp³-hybridized carbons (Fsp3) is 0.333. The molecule has 24 heavy (non-hydrogen) atoms. The molecule has 0 radical (unpaired) electrons. The molecule has 0 bridgehead atoms. The molecule has 0 N–H and O–H groups in total. The number of ether oxygens (including phenoxy) is 3. The van der Waals surface area contributed by atoms with E-state index < -0.39 is 11.9 Å². The van der Waals surface area contributed by atoms with Gasteiger partial charge in [0.25, 0.3) is 0 Å². The quantitative estimate of drug-likeness (QED) is 0.552. The van der Waals surface area contributed by atoms with E-state index in [0.717, 1.165) is 4.47 Å². The van der Waals surface area contributed by atoms with E-state index in [1.807, 2.05) is 19.9 Å². The van der Waals surface area contributed by atoms with Crippen LogP contribution in [-0.2, 0) is 9.53 Å². The molecule has 0 heterocycles. The molecule has 5 nitrogen and oxygen atoms in total. The SMILES string of the molecule is CCOC(=O)c1cc(OC(C)=O)c2c(OC(C)C)ccc(Br)c2c1. The summed E-state index contributed by atoms with van der Waals surface area (Å²) in [5.74, 6) is -0.113. The van der Waals surface area contributed by atoms with Crippen LogP contribution in [0.15, 0.2) is 28.7 Å². The Kier molecular flexibility index (Phi) is 5.83. The van der Waals surface area contributed by atoms with Crippen molar-refractivity contribution in [3.63, 3.8) is 0 Å². The monoisotopic (exact) mass is 394 g/mol. The van der Waals surface area contributed by atoms with Crippen molar-refractivity contribution in [3.8, 4) is 11.5 Å². The van der Waals surface area contributed by atoms with Crippen LogP contribution in [0.2, 0.25) is 0 Å². The second kappa shape index (κ2) is 7.66. The van der Waals surface area contributed by atoms with Gasteiger partial charge in [-0.15, -0.1) is 0 Å². The first-order valence-corrected chi connectivity index (χ1v) is 8.41. The van der Waals surface area contributed by atoms with Crippen molar-refractivity contribution in [2.45, 2.75) is 33.8 Å². The number of carbonyl (C=O) groups excluding carboxylic acids is 2. The predicted octanol–water partition coefficient (Wildman–Crippen LogP) is 4.49. The fourth-order valence-corrected chi connectivity index (χ4v) is 2.74. The molecule has 0 saturated heterocycles. The Morgan fingerprint density at radius 3 is 2.46 bits per heavy atom. The Bertz CT molecular complexity index is 783. The van der Waals surface area contributed by atoms with Crippen LogP contribution < -0.4 is 9.47 Å². The molecule has 0 amide bonds. The van der Waals surface area contributed by atoms with Gasteiger partial charge in [0.15, 0.2) is 0 Å². The van der Waals surface area contributed by atoms with Crippen LogP contribution in [0.5, 0.6) is 11.5 Å². The summed E-state index contributed by atoms with van der Waals surface area (Å²) in [5.41, 5.74) is 0.308. The maximum Gasteiger partial charge on any atom is 0.338 e. The topological polar surface area (TPSA) is 61.8 Å². The van der Waals surface area contributed by atoms with Crippen molar-refractivity contribution in [3.05, 3.63) is 34.3 Å². The summed E-state index contributed by atoms with van der Waals surface area (Å²) in [4.78, 5) is 23.6. The Morgan fingerprint density at radius 2 is 1.88 bits per heavy atom. The third kappa shape index (κ3) is 4.06. The highest BCUT2D eigenvalue weighted by Crippen LogP contribution is 2.40. The summed E-state index contributed by atoms with van der Waals surface area (Å²) in [7, 11) is 0. The van der Waals surface area contributed by atoms with E-state index in [1.165, 1.54) is 13.0 Å². The highest BCUT2D eigenvalue weighted by Gasteiger charge is 2.18. The van der Waals surface area contributed by atoms with E-state index in [4.69, 9.17) is 14.2 Å². The van der Waals surface area contributed by atoms with Crippen molar-refractivity contribution in [1.82, 2.24) is 0 Å². The molecule has 0 saturated carbocycles. The van der Waals surface area contributed by atoms with Crippen LogP contribution in [0.4, 0.5) is 0 Å². The van der Waals surface area contributed by atoms with Gasteiger partial charge in [-0.1, -0.05) is 15.9 Å². The number of halogens is 1. The molecule has 2 rings (SSSR count). The molecule has 0 unspecified atom stereocenters. The molecular weight excluding hydrogens is 376 g/mol. The first-order chi connectivity index (χ1) is 11.3. The van der Waals surface area contributed by atoms with Crippen molar-refractivity contribution in [2.75, 3.05) is 6.61 Å². The van der Waals surface area contributed by atoms with Gasteiger partial charge >= 0.3 is 11.9 Å². The molecule has 0 fully saturated rings. The van der Waals surface area contributed by atoms with Crippen molar-refractivity contribution < 1.29 is 23.8 Å². The van der Waals surface area contributed by atoms with Crippen LogP contribution in [0.25, 0.3) is 10.8 Å². The summed E-state index contributed by atoms with van der Waals surface area (Å²) >= 11 is 3.47. The maximum atomic E-state index is 12.1. The lowest BCUT2D eigenvalue weighted by Gasteiger charge is -2.16. The first kappa shape index (κ1) is 18.3. The van der Waals surface area contributed by atoms with Gasteiger partial charge in [0.2, 0.25) is 0 Å². The normalized spacial score (nSPS) is 10.8. The molecule has 0 aliphatic rings. The van der Waals surface area contributed by atoms with Gasteiger partial charge in [-0.25, -0.2) is 4.79 Å². The van der Waals surface area contributed by atoms with E-state index in [1.54, 1.807) is 19.1 Å². The average Bonchev–Trinajstić information content (AvgIpc) is 2.49. The van der Waals surface area contributed by atoms with Gasteiger partial charge in [0.05, 0.1) is 23.7 Å². The fourth-order valence-electron chi connectivity index (χ4n) is 2.30. The number of fused-ring (bicyclic) bond motifs is 1. The molecule has 0 aliphatic carbocycles. The Hall–Kier alpha value is -2.08. The van der Waals surface area contributed by atoms with E-state index in [0.29, 0.717) is 22.1 Å². The molecule has 0 atom stereocenters. The number of hydrogen-bond donors (Lipinski definition) is 0. The molecule has 2 aromatic rings. The van der Waals surface area contributed by atoms with E-state index in [2.05, 4.69) is 15.9 Å². The number of hydrogen-bond acceptors (Lipinski definition) is 5. The molecule has 0 aliphatic heterocycles. The minimum Gasteiger partial charge on any atom is -0.490 e. The van der Waals surface area contributed by atoms with E-state index >= 15 is 0 Å². The molecule has 6 heteroatoms. The van der Waals surface area contributed by atoms with Crippen LogP contribution in [0, 0.1) is 0 Å². The van der Waals surface area contributed by atoms with Gasteiger partial charge in [0, 0.05) is 16.8 Å². The predicted molar refractivity (Wildman–Crippen MR) is 94.7 cm³/mol. The van der Waals surface area contributed by atoms with Gasteiger partial charge in [-0.2, -0.15) is 0 Å². The zero-order chi connectivity index (χ0) is 17.9. The third-order valence-electron chi connectivity index (χ3n) is 3.11. The molecule has 2 aromatic carbocycles. The lowest BCUT2D eigenvalue weighted by Crippen LogP contribution is -2.09. The summed E-state index contributed by atoms with van der Waals surface area (Å²) in [6.07, 6.45) is -0.0516. The highest BCUT2D eigenvalue weighted by molar-refractivity contribution is 9.10. The zero-order valence-electron chi connectivity index (χ0n) is 14.0. The lowest BCUT2D eigenvalue weighted by atomic mass is 10.0. The number of rotatable bonds is 5. The van der Waals surface area contributed by atoms with Crippen LogP contribution in [-0.4, -0.2) is 24.6 Å². The van der Waals surface area contributed by atoms with E-state index in [9.17, 15) is 9.59 Å². The van der Waals surface area contributed by atoms with Gasteiger partial charge in [-0.3, -0.25) is 4.79 Å². The number of benzene rings is 2. The van der Waals surface area contributed by atoms with Gasteiger partial charge in [-0.05, 0) is 45.0 Å². The molecule has 128 valence electrons. The van der Waals surface area contributed by atoms with Gasteiger partial charge in [0.1, 0.15) is 11.5 Å². The standard InChI is InChI=1S/C18H19BrO5/c1-5-22-18(21)12-8-13-14(19)6-7-15(23-10(2)3)17(13)16(9-12)24-11(4)20/h6-10H,5H2,1-4H3. The Morgan fingerprint density at radius 1 is 1.17 bits per heavy atom. The van der Waals surface area contributed by atoms with Crippen LogP contribution >= 0.6 is 15.9 Å². The Labute approximate surface area is 149 Å². The molecule has 0 spiro atoms. The van der Waals surface area contributed by atoms with E-state index in [-0.39, 0.29) is 18.5 Å². The summed E-state index contributed by atoms with van der Waals surface area (Å²) in [6.45, 7) is 7.12. The number of esters is 2. The largest absolute Gasteiger partial charge is 0.490 e. The highest BCUT2D eigenvalue weighted by atomic mass is 79.9.